The summed E-state index contributed by atoms with van der Waals surface area (Å²) in [5.41, 5.74) is 11.8. The van der Waals surface area contributed by atoms with Crippen LogP contribution in [0.15, 0.2) is 30.3 Å². The number of pyridine rings is 1. The molecule has 0 aliphatic heterocycles. The van der Waals surface area contributed by atoms with Crippen LogP contribution in [0.25, 0.3) is 21.8 Å². The largest absolute Gasteiger partial charge is 0.398 e. The number of fused-ring (bicyclic) bond motifs is 3. The number of anilines is 1. The van der Waals surface area contributed by atoms with Crippen LogP contribution in [-0.2, 0) is 12.8 Å². The van der Waals surface area contributed by atoms with E-state index in [1.54, 1.807) is 0 Å². The van der Waals surface area contributed by atoms with E-state index in [-0.39, 0.29) is 0 Å². The number of hydrogen-bond acceptors (Lipinski definition) is 2. The molecule has 0 radical (unpaired) electrons. The average Bonchev–Trinajstić information content (AvgIpc) is 2.75. The van der Waals surface area contributed by atoms with Crippen LogP contribution in [-0.4, -0.2) is 4.98 Å². The standard InChI is InChI=1S/C17H15ClN2/c1-9-4-10-6-14-15(7-11(10)5-9)20-16-8-12(18)2-3-13(16)17(14)19/h2-3,6-9H,4-5H2,1H3,(H2,19,20). The summed E-state index contributed by atoms with van der Waals surface area (Å²) in [5.74, 6) is 0.715. The topological polar surface area (TPSA) is 38.9 Å². The lowest BCUT2D eigenvalue weighted by molar-refractivity contribution is 0.628. The molecular formula is C17H15ClN2. The number of nitrogens with two attached hydrogens (primary N) is 1. The van der Waals surface area contributed by atoms with Crippen molar-refractivity contribution in [2.24, 2.45) is 5.92 Å². The fraction of sp³-hybridized carbons (Fsp3) is 0.235. The normalized spacial score (nSPS) is 17.8. The summed E-state index contributed by atoms with van der Waals surface area (Å²) in [6.45, 7) is 2.29. The molecule has 1 atom stereocenters. The monoisotopic (exact) mass is 282 g/mol. The molecule has 4 rings (SSSR count). The fourth-order valence-corrected chi connectivity index (χ4v) is 3.45. The summed E-state index contributed by atoms with van der Waals surface area (Å²) in [4.78, 5) is 4.74. The minimum atomic E-state index is 0.693. The molecule has 0 fully saturated rings. The van der Waals surface area contributed by atoms with Crippen LogP contribution < -0.4 is 5.73 Å². The second-order valence-corrected chi connectivity index (χ2v) is 6.27. The highest BCUT2D eigenvalue weighted by atomic mass is 35.5. The van der Waals surface area contributed by atoms with Crippen LogP contribution in [0.4, 0.5) is 5.69 Å². The van der Waals surface area contributed by atoms with Crippen LogP contribution in [0.5, 0.6) is 0 Å². The van der Waals surface area contributed by atoms with E-state index in [9.17, 15) is 0 Å². The van der Waals surface area contributed by atoms with E-state index in [4.69, 9.17) is 22.3 Å². The van der Waals surface area contributed by atoms with Crippen molar-refractivity contribution in [3.8, 4) is 0 Å². The molecule has 0 bridgehead atoms. The Morgan fingerprint density at radius 3 is 2.55 bits per heavy atom. The van der Waals surface area contributed by atoms with Crippen molar-refractivity contribution in [2.75, 3.05) is 5.73 Å². The Morgan fingerprint density at radius 1 is 1.05 bits per heavy atom. The Hall–Kier alpha value is -1.80. The third kappa shape index (κ3) is 1.68. The highest BCUT2D eigenvalue weighted by molar-refractivity contribution is 6.31. The van der Waals surface area contributed by atoms with Gasteiger partial charge in [-0.05, 0) is 60.2 Å². The van der Waals surface area contributed by atoms with Crippen molar-refractivity contribution >= 4 is 39.1 Å². The lowest BCUT2D eigenvalue weighted by Gasteiger charge is -2.09. The Labute approximate surface area is 122 Å². The van der Waals surface area contributed by atoms with Gasteiger partial charge in [0.05, 0.1) is 16.7 Å². The van der Waals surface area contributed by atoms with Gasteiger partial charge in [0.1, 0.15) is 0 Å². The summed E-state index contributed by atoms with van der Waals surface area (Å²) < 4.78 is 0. The Balaban J connectivity index is 2.09. The maximum Gasteiger partial charge on any atom is 0.0745 e. The maximum atomic E-state index is 6.35. The molecule has 2 nitrogen and oxygen atoms in total. The smallest absolute Gasteiger partial charge is 0.0745 e. The number of aromatic nitrogens is 1. The van der Waals surface area contributed by atoms with E-state index in [1.165, 1.54) is 11.1 Å². The van der Waals surface area contributed by atoms with Crippen molar-refractivity contribution in [1.29, 1.82) is 0 Å². The van der Waals surface area contributed by atoms with Gasteiger partial charge in [0.15, 0.2) is 0 Å². The number of nitrogen functional groups attached to an aromatic ring is 1. The molecule has 3 heteroatoms. The van der Waals surface area contributed by atoms with E-state index in [0.717, 1.165) is 40.3 Å². The van der Waals surface area contributed by atoms with Gasteiger partial charge in [-0.3, -0.25) is 0 Å². The minimum Gasteiger partial charge on any atom is -0.398 e. The van der Waals surface area contributed by atoms with Gasteiger partial charge in [-0.1, -0.05) is 18.5 Å². The van der Waals surface area contributed by atoms with E-state index < -0.39 is 0 Å². The molecule has 2 aromatic carbocycles. The average molecular weight is 283 g/mol. The third-order valence-corrected chi connectivity index (χ3v) is 4.47. The molecule has 2 N–H and O–H groups in total. The third-order valence-electron chi connectivity index (χ3n) is 4.24. The molecule has 20 heavy (non-hydrogen) atoms. The highest BCUT2D eigenvalue weighted by Gasteiger charge is 2.19. The van der Waals surface area contributed by atoms with Crippen LogP contribution in [0.3, 0.4) is 0 Å². The molecule has 0 amide bonds. The molecule has 1 aliphatic rings. The summed E-state index contributed by atoms with van der Waals surface area (Å²) in [6, 6.07) is 10.1. The number of hydrogen-bond donors (Lipinski definition) is 1. The van der Waals surface area contributed by atoms with Gasteiger partial charge in [-0.15, -0.1) is 0 Å². The van der Waals surface area contributed by atoms with Gasteiger partial charge in [-0.25, -0.2) is 4.98 Å². The predicted molar refractivity (Wildman–Crippen MR) is 85.2 cm³/mol. The zero-order valence-electron chi connectivity index (χ0n) is 11.3. The maximum absolute atomic E-state index is 6.35. The molecule has 0 saturated carbocycles. The Morgan fingerprint density at radius 2 is 1.75 bits per heavy atom. The number of benzene rings is 2. The Bertz CT molecular complexity index is 855. The van der Waals surface area contributed by atoms with Crippen molar-refractivity contribution < 1.29 is 0 Å². The minimum absolute atomic E-state index is 0.693. The molecular weight excluding hydrogens is 268 g/mol. The van der Waals surface area contributed by atoms with E-state index in [2.05, 4.69) is 19.1 Å². The first-order valence-corrected chi connectivity index (χ1v) is 7.30. The number of rotatable bonds is 0. The van der Waals surface area contributed by atoms with Gasteiger partial charge in [0.25, 0.3) is 0 Å². The molecule has 1 unspecified atom stereocenters. The first-order chi connectivity index (χ1) is 9.61. The molecule has 3 aromatic rings. The van der Waals surface area contributed by atoms with Gasteiger partial charge in [0, 0.05) is 15.8 Å². The zero-order chi connectivity index (χ0) is 13.9. The molecule has 0 spiro atoms. The van der Waals surface area contributed by atoms with Gasteiger partial charge >= 0.3 is 0 Å². The number of nitrogens with zero attached hydrogens (tertiary/aromatic N) is 1. The molecule has 100 valence electrons. The summed E-state index contributed by atoms with van der Waals surface area (Å²) in [7, 11) is 0. The first kappa shape index (κ1) is 12.0. The quantitative estimate of drug-likeness (QED) is 0.622. The molecule has 0 saturated heterocycles. The van der Waals surface area contributed by atoms with Crippen molar-refractivity contribution in [2.45, 2.75) is 19.8 Å². The highest BCUT2D eigenvalue weighted by Crippen LogP contribution is 2.35. The molecule has 1 aliphatic carbocycles. The van der Waals surface area contributed by atoms with Crippen molar-refractivity contribution in [3.05, 3.63) is 46.5 Å². The second kappa shape index (κ2) is 4.10. The van der Waals surface area contributed by atoms with E-state index in [1.807, 2.05) is 18.2 Å². The fourth-order valence-electron chi connectivity index (χ4n) is 3.29. The summed E-state index contributed by atoms with van der Waals surface area (Å²) in [6.07, 6.45) is 2.28. The second-order valence-electron chi connectivity index (χ2n) is 5.84. The van der Waals surface area contributed by atoms with Crippen molar-refractivity contribution in [3.63, 3.8) is 0 Å². The first-order valence-electron chi connectivity index (χ1n) is 6.92. The molecule has 1 aromatic heterocycles. The Kier molecular flexibility index (Phi) is 2.45. The number of halogens is 1. The lowest BCUT2D eigenvalue weighted by Crippen LogP contribution is -1.94. The SMILES string of the molecule is CC1Cc2cc3nc4cc(Cl)ccc4c(N)c3cc2C1. The van der Waals surface area contributed by atoms with Crippen molar-refractivity contribution in [1.82, 2.24) is 4.98 Å². The lowest BCUT2D eigenvalue weighted by atomic mass is 10.0. The molecule has 1 heterocycles. The van der Waals surface area contributed by atoms with Crippen LogP contribution in [0.2, 0.25) is 5.02 Å². The van der Waals surface area contributed by atoms with Crippen LogP contribution in [0.1, 0.15) is 18.1 Å². The predicted octanol–water partition coefficient (Wildman–Crippen LogP) is 4.36. The van der Waals surface area contributed by atoms with Gasteiger partial charge < -0.3 is 5.73 Å². The summed E-state index contributed by atoms with van der Waals surface area (Å²) in [5, 5.41) is 2.74. The van der Waals surface area contributed by atoms with Crippen LogP contribution in [0, 0.1) is 5.92 Å². The van der Waals surface area contributed by atoms with Gasteiger partial charge in [0.2, 0.25) is 0 Å². The summed E-state index contributed by atoms with van der Waals surface area (Å²) >= 11 is 6.05. The van der Waals surface area contributed by atoms with E-state index in [0.29, 0.717) is 10.9 Å². The van der Waals surface area contributed by atoms with Gasteiger partial charge in [-0.2, -0.15) is 0 Å². The zero-order valence-corrected chi connectivity index (χ0v) is 12.0. The van der Waals surface area contributed by atoms with E-state index >= 15 is 0 Å². The van der Waals surface area contributed by atoms with Crippen LogP contribution >= 0.6 is 11.6 Å².